The molecule has 1 amide bonds. The summed E-state index contributed by atoms with van der Waals surface area (Å²) in [5.41, 5.74) is 2.61. The maximum atomic E-state index is 12.0. The van der Waals surface area contributed by atoms with Crippen LogP contribution in [0.4, 0.5) is 5.69 Å². The lowest BCUT2D eigenvalue weighted by molar-refractivity contribution is -0.127. The van der Waals surface area contributed by atoms with Crippen LogP contribution in [-0.4, -0.2) is 62.7 Å². The summed E-state index contributed by atoms with van der Waals surface area (Å²) in [5.74, 6) is 2.47. The van der Waals surface area contributed by atoms with Crippen molar-refractivity contribution in [1.29, 1.82) is 0 Å². The number of fused-ring (bicyclic) bond motifs is 1. The van der Waals surface area contributed by atoms with Gasteiger partial charge in [-0.2, -0.15) is 0 Å². The monoisotopic (exact) mass is 398 g/mol. The number of para-hydroxylation sites is 1. The number of ether oxygens (including phenoxy) is 1. The molecule has 1 atom stereocenters. The molecular weight excluding hydrogens is 364 g/mol. The van der Waals surface area contributed by atoms with Crippen LogP contribution in [0.1, 0.15) is 50.5 Å². The van der Waals surface area contributed by atoms with Gasteiger partial charge in [0.05, 0.1) is 13.2 Å². The molecule has 6 heteroatoms. The Morgan fingerprint density at radius 2 is 2.17 bits per heavy atom. The Kier molecular flexibility index (Phi) is 6.70. The number of guanidine groups is 1. The summed E-state index contributed by atoms with van der Waals surface area (Å²) in [5, 5.41) is 3.46. The Hall–Kier alpha value is -2.08. The lowest BCUT2D eigenvalue weighted by Gasteiger charge is -2.23. The number of hydrogen-bond acceptors (Lipinski definition) is 3. The van der Waals surface area contributed by atoms with Gasteiger partial charge in [0.1, 0.15) is 0 Å². The van der Waals surface area contributed by atoms with Crippen molar-refractivity contribution in [2.75, 3.05) is 50.8 Å². The third-order valence-electron chi connectivity index (χ3n) is 6.13. The SMILES string of the molecule is CCNC(=NCCOCC1CC1)N1CC(CCN2CCCC2=O)c2ccccc21. The molecule has 3 aliphatic rings. The maximum absolute atomic E-state index is 12.0. The normalized spacial score (nSPS) is 21.8. The van der Waals surface area contributed by atoms with E-state index in [2.05, 4.69) is 41.4 Å². The zero-order valence-electron chi connectivity index (χ0n) is 17.6. The van der Waals surface area contributed by atoms with Crippen molar-refractivity contribution in [3.8, 4) is 0 Å². The molecule has 1 aromatic carbocycles. The zero-order chi connectivity index (χ0) is 20.1. The molecule has 0 aromatic heterocycles. The first-order chi connectivity index (χ1) is 14.3. The van der Waals surface area contributed by atoms with E-state index in [1.807, 2.05) is 4.90 Å². The molecule has 1 unspecified atom stereocenters. The number of benzene rings is 1. The number of aliphatic imine (C=N–C) groups is 1. The third kappa shape index (κ3) is 5.10. The Morgan fingerprint density at radius 1 is 1.31 bits per heavy atom. The van der Waals surface area contributed by atoms with Gasteiger partial charge in [0.15, 0.2) is 5.96 Å². The second-order valence-electron chi connectivity index (χ2n) is 8.39. The molecule has 2 fully saturated rings. The molecule has 29 heavy (non-hydrogen) atoms. The second kappa shape index (κ2) is 9.61. The largest absolute Gasteiger partial charge is 0.379 e. The van der Waals surface area contributed by atoms with Crippen LogP contribution in [0, 0.1) is 5.92 Å². The molecule has 0 radical (unpaired) electrons. The molecule has 6 nitrogen and oxygen atoms in total. The van der Waals surface area contributed by atoms with Gasteiger partial charge in [-0.15, -0.1) is 0 Å². The molecule has 1 aromatic rings. The molecule has 1 N–H and O–H groups in total. The molecular formula is C23H34N4O2. The maximum Gasteiger partial charge on any atom is 0.222 e. The van der Waals surface area contributed by atoms with Gasteiger partial charge in [0.25, 0.3) is 0 Å². The summed E-state index contributed by atoms with van der Waals surface area (Å²) >= 11 is 0. The summed E-state index contributed by atoms with van der Waals surface area (Å²) < 4.78 is 5.75. The highest BCUT2D eigenvalue weighted by Gasteiger charge is 2.32. The first-order valence-corrected chi connectivity index (χ1v) is 11.3. The van der Waals surface area contributed by atoms with Crippen molar-refractivity contribution >= 4 is 17.6 Å². The first-order valence-electron chi connectivity index (χ1n) is 11.3. The van der Waals surface area contributed by atoms with Crippen molar-refractivity contribution in [2.45, 2.75) is 44.9 Å². The minimum atomic E-state index is 0.314. The van der Waals surface area contributed by atoms with Gasteiger partial charge in [-0.1, -0.05) is 18.2 Å². The number of amides is 1. The summed E-state index contributed by atoms with van der Waals surface area (Å²) in [7, 11) is 0. The zero-order valence-corrected chi connectivity index (χ0v) is 17.6. The summed E-state index contributed by atoms with van der Waals surface area (Å²) in [6.45, 7) is 7.88. The van der Waals surface area contributed by atoms with Gasteiger partial charge in [0, 0.05) is 50.8 Å². The molecule has 2 aliphatic heterocycles. The quantitative estimate of drug-likeness (QED) is 0.395. The van der Waals surface area contributed by atoms with Crippen molar-refractivity contribution < 1.29 is 9.53 Å². The average Bonchev–Trinajstić information content (AvgIpc) is 3.36. The van der Waals surface area contributed by atoms with Crippen LogP contribution < -0.4 is 10.2 Å². The van der Waals surface area contributed by atoms with Crippen LogP contribution >= 0.6 is 0 Å². The minimum Gasteiger partial charge on any atom is -0.379 e. The molecule has 1 saturated carbocycles. The number of nitrogens with one attached hydrogen (secondary N) is 1. The Bertz CT molecular complexity index is 731. The highest BCUT2D eigenvalue weighted by Crippen LogP contribution is 2.38. The number of carbonyl (C=O) groups excluding carboxylic acids is 1. The Balaban J connectivity index is 1.40. The van der Waals surface area contributed by atoms with Gasteiger partial charge in [0.2, 0.25) is 5.91 Å². The molecule has 158 valence electrons. The molecule has 1 aliphatic carbocycles. The van der Waals surface area contributed by atoms with E-state index in [4.69, 9.17) is 9.73 Å². The van der Waals surface area contributed by atoms with E-state index in [9.17, 15) is 4.79 Å². The van der Waals surface area contributed by atoms with E-state index in [0.29, 0.717) is 31.4 Å². The predicted octanol–water partition coefficient (Wildman–Crippen LogP) is 2.99. The van der Waals surface area contributed by atoms with Gasteiger partial charge < -0.3 is 19.9 Å². The highest BCUT2D eigenvalue weighted by molar-refractivity contribution is 5.98. The van der Waals surface area contributed by atoms with Crippen LogP contribution in [0.3, 0.4) is 0 Å². The van der Waals surface area contributed by atoms with E-state index >= 15 is 0 Å². The third-order valence-corrected chi connectivity index (χ3v) is 6.13. The van der Waals surface area contributed by atoms with Gasteiger partial charge >= 0.3 is 0 Å². The van der Waals surface area contributed by atoms with E-state index in [1.54, 1.807) is 0 Å². The molecule has 4 rings (SSSR count). The number of rotatable bonds is 9. The fourth-order valence-corrected chi connectivity index (χ4v) is 4.34. The van der Waals surface area contributed by atoms with Crippen LogP contribution in [0.2, 0.25) is 0 Å². The predicted molar refractivity (Wildman–Crippen MR) is 116 cm³/mol. The van der Waals surface area contributed by atoms with Crippen molar-refractivity contribution in [1.82, 2.24) is 10.2 Å². The average molecular weight is 399 g/mol. The molecule has 2 heterocycles. The standard InChI is InChI=1S/C23H34N4O2/c1-2-24-23(25-12-15-29-17-18-9-10-18)27-16-19(20-6-3-4-7-21(20)27)11-14-26-13-5-8-22(26)28/h3-4,6-7,18-19H,2,5,8-17H2,1H3,(H,24,25). The number of anilines is 1. The lowest BCUT2D eigenvalue weighted by atomic mass is 9.98. The minimum absolute atomic E-state index is 0.314. The molecule has 1 saturated heterocycles. The molecule has 0 bridgehead atoms. The van der Waals surface area contributed by atoms with Crippen molar-refractivity contribution in [2.24, 2.45) is 10.9 Å². The van der Waals surface area contributed by atoms with E-state index in [0.717, 1.165) is 57.5 Å². The smallest absolute Gasteiger partial charge is 0.222 e. The van der Waals surface area contributed by atoms with E-state index < -0.39 is 0 Å². The van der Waals surface area contributed by atoms with Crippen LogP contribution in [-0.2, 0) is 9.53 Å². The topological polar surface area (TPSA) is 57.2 Å². The van der Waals surface area contributed by atoms with Gasteiger partial charge in [-0.25, -0.2) is 0 Å². The van der Waals surface area contributed by atoms with Gasteiger partial charge in [-0.05, 0) is 50.2 Å². The highest BCUT2D eigenvalue weighted by atomic mass is 16.5. The number of likely N-dealkylation sites (tertiary alicyclic amines) is 1. The number of hydrogen-bond donors (Lipinski definition) is 1. The Labute approximate surface area is 174 Å². The van der Waals surface area contributed by atoms with Gasteiger partial charge in [-0.3, -0.25) is 9.79 Å². The van der Waals surface area contributed by atoms with Crippen LogP contribution in [0.15, 0.2) is 29.3 Å². The lowest BCUT2D eigenvalue weighted by Crippen LogP contribution is -2.41. The number of nitrogens with zero attached hydrogens (tertiary/aromatic N) is 3. The second-order valence-corrected chi connectivity index (χ2v) is 8.39. The van der Waals surface area contributed by atoms with E-state index in [-0.39, 0.29) is 0 Å². The van der Waals surface area contributed by atoms with Crippen LogP contribution in [0.25, 0.3) is 0 Å². The molecule has 0 spiro atoms. The number of carbonyl (C=O) groups is 1. The van der Waals surface area contributed by atoms with Crippen LogP contribution in [0.5, 0.6) is 0 Å². The summed E-state index contributed by atoms with van der Waals surface area (Å²) in [6.07, 6.45) is 5.37. The van der Waals surface area contributed by atoms with Crippen molar-refractivity contribution in [3.05, 3.63) is 29.8 Å². The first kappa shape index (κ1) is 20.2. The Morgan fingerprint density at radius 3 is 2.93 bits per heavy atom. The fraction of sp³-hybridized carbons (Fsp3) is 0.652. The summed E-state index contributed by atoms with van der Waals surface area (Å²) in [6, 6.07) is 8.63. The van der Waals surface area contributed by atoms with Crippen molar-refractivity contribution in [3.63, 3.8) is 0 Å². The van der Waals surface area contributed by atoms with E-state index in [1.165, 1.54) is 24.1 Å². The summed E-state index contributed by atoms with van der Waals surface area (Å²) in [4.78, 5) is 21.2. The fourth-order valence-electron chi connectivity index (χ4n) is 4.34.